The Hall–Kier alpha value is -0.650. The van der Waals surface area contributed by atoms with Gasteiger partial charge in [-0.3, -0.25) is 4.79 Å². The van der Waals surface area contributed by atoms with E-state index in [9.17, 15) is 4.79 Å². The fraction of sp³-hybridized carbons (Fsp3) is 0.938. The van der Waals surface area contributed by atoms with Crippen molar-refractivity contribution in [3.05, 3.63) is 0 Å². The molecule has 0 aromatic heterocycles. The summed E-state index contributed by atoms with van der Waals surface area (Å²) >= 11 is 0. The Morgan fingerprint density at radius 2 is 2.24 bits per heavy atom. The predicted octanol–water partition coefficient (Wildman–Crippen LogP) is 1.42. The maximum Gasteiger partial charge on any atom is 0.326 e. The molecule has 5 heteroatoms. The van der Waals surface area contributed by atoms with Crippen molar-refractivity contribution in [1.29, 1.82) is 0 Å². The van der Waals surface area contributed by atoms with E-state index >= 15 is 0 Å². The van der Waals surface area contributed by atoms with Crippen molar-refractivity contribution in [2.45, 2.75) is 50.1 Å². The van der Waals surface area contributed by atoms with Crippen LogP contribution >= 0.6 is 0 Å². The summed E-state index contributed by atoms with van der Waals surface area (Å²) in [5, 5.41) is 3.23. The van der Waals surface area contributed by atoms with Crippen LogP contribution in [0.3, 0.4) is 0 Å². The monoisotopic (exact) mass is 298 g/mol. The Labute approximate surface area is 128 Å². The molecule has 1 N–H and O–H groups in total. The predicted molar refractivity (Wildman–Crippen MR) is 82.2 cm³/mol. The van der Waals surface area contributed by atoms with Crippen LogP contribution in [-0.4, -0.2) is 63.4 Å². The fourth-order valence-electron chi connectivity index (χ4n) is 3.84. The number of likely N-dealkylation sites (N-methyl/N-ethyl adjacent to an activating group) is 1. The maximum absolute atomic E-state index is 12.2. The Kier molecular flexibility index (Phi) is 6.02. The topological polar surface area (TPSA) is 50.8 Å². The molecule has 1 saturated carbocycles. The molecule has 2 fully saturated rings. The zero-order valence-corrected chi connectivity index (χ0v) is 13.7. The van der Waals surface area contributed by atoms with Crippen LogP contribution in [0.5, 0.6) is 0 Å². The van der Waals surface area contributed by atoms with E-state index in [1.165, 1.54) is 20.0 Å². The summed E-state index contributed by atoms with van der Waals surface area (Å²) in [4.78, 5) is 14.6. The number of esters is 1. The Morgan fingerprint density at radius 1 is 1.43 bits per heavy atom. The lowest BCUT2D eigenvalue weighted by Crippen LogP contribution is -2.57. The molecule has 2 rings (SSSR count). The van der Waals surface area contributed by atoms with Crippen molar-refractivity contribution >= 4 is 5.97 Å². The number of hydrogen-bond donors (Lipinski definition) is 1. The van der Waals surface area contributed by atoms with Crippen molar-refractivity contribution in [1.82, 2.24) is 10.2 Å². The summed E-state index contributed by atoms with van der Waals surface area (Å²) in [6.45, 7) is 2.85. The summed E-state index contributed by atoms with van der Waals surface area (Å²) in [7, 11) is 5.53. The lowest BCUT2D eigenvalue weighted by atomic mass is 9.78. The molecule has 0 spiro atoms. The molecule has 3 atom stereocenters. The molecule has 0 bridgehead atoms. The number of nitrogens with zero attached hydrogens (tertiary/aromatic N) is 1. The molecule has 21 heavy (non-hydrogen) atoms. The van der Waals surface area contributed by atoms with Gasteiger partial charge in [0.15, 0.2) is 0 Å². The van der Waals surface area contributed by atoms with Crippen molar-refractivity contribution in [2.24, 2.45) is 5.92 Å². The smallest absolute Gasteiger partial charge is 0.326 e. The molecule has 0 amide bonds. The van der Waals surface area contributed by atoms with Gasteiger partial charge in [0.2, 0.25) is 0 Å². The van der Waals surface area contributed by atoms with Gasteiger partial charge in [-0.25, -0.2) is 0 Å². The normalized spacial score (nSPS) is 33.9. The molecule has 1 aliphatic heterocycles. The number of carbonyl (C=O) groups excluding carboxylic acids is 1. The minimum absolute atomic E-state index is 0.121. The third-order valence-electron chi connectivity index (χ3n) is 5.20. The molecule has 1 aliphatic carbocycles. The van der Waals surface area contributed by atoms with Crippen molar-refractivity contribution in [3.8, 4) is 0 Å². The van der Waals surface area contributed by atoms with Crippen LogP contribution < -0.4 is 5.32 Å². The highest BCUT2D eigenvalue weighted by Crippen LogP contribution is 2.32. The summed E-state index contributed by atoms with van der Waals surface area (Å²) < 4.78 is 10.6. The van der Waals surface area contributed by atoms with Crippen molar-refractivity contribution in [2.75, 3.05) is 41.0 Å². The van der Waals surface area contributed by atoms with Crippen LogP contribution in [0, 0.1) is 5.92 Å². The average Bonchev–Trinajstić information content (AvgIpc) is 2.55. The van der Waals surface area contributed by atoms with Gasteiger partial charge in [-0.05, 0) is 58.5 Å². The standard InChI is InChI=1S/C16H30N2O3/c1-17-16(15(19)20-3)8-4-7-14(10-16)18(2)11-13-6-5-9-21-12-13/h13-14,17H,4-12H2,1-3H3. The quantitative estimate of drug-likeness (QED) is 0.778. The van der Waals surface area contributed by atoms with E-state index < -0.39 is 5.54 Å². The number of methoxy groups -OCH3 is 1. The van der Waals surface area contributed by atoms with E-state index in [1.807, 2.05) is 7.05 Å². The number of carbonyl (C=O) groups is 1. The van der Waals surface area contributed by atoms with Gasteiger partial charge in [0.25, 0.3) is 0 Å². The first kappa shape index (κ1) is 16.7. The average molecular weight is 298 g/mol. The molecule has 1 saturated heterocycles. The van der Waals surface area contributed by atoms with Gasteiger partial charge in [0.1, 0.15) is 5.54 Å². The Balaban J connectivity index is 1.94. The Bertz CT molecular complexity index is 344. The van der Waals surface area contributed by atoms with Crippen LogP contribution in [0.25, 0.3) is 0 Å². The molecule has 122 valence electrons. The number of ether oxygens (including phenoxy) is 2. The van der Waals surface area contributed by atoms with Crippen LogP contribution in [0.2, 0.25) is 0 Å². The fourth-order valence-corrected chi connectivity index (χ4v) is 3.84. The second kappa shape index (κ2) is 7.56. The van der Waals surface area contributed by atoms with E-state index in [0.29, 0.717) is 12.0 Å². The van der Waals surface area contributed by atoms with E-state index in [4.69, 9.17) is 9.47 Å². The second-order valence-electron chi connectivity index (χ2n) is 6.60. The first-order valence-corrected chi connectivity index (χ1v) is 8.16. The van der Waals surface area contributed by atoms with Gasteiger partial charge >= 0.3 is 5.97 Å². The van der Waals surface area contributed by atoms with Gasteiger partial charge in [-0.2, -0.15) is 0 Å². The van der Waals surface area contributed by atoms with E-state index in [1.54, 1.807) is 0 Å². The molecular formula is C16H30N2O3. The van der Waals surface area contributed by atoms with E-state index in [0.717, 1.165) is 45.4 Å². The summed E-state index contributed by atoms with van der Waals surface area (Å²) in [6, 6.07) is 0.437. The van der Waals surface area contributed by atoms with Gasteiger partial charge in [-0.1, -0.05) is 0 Å². The van der Waals surface area contributed by atoms with Crippen LogP contribution in [-0.2, 0) is 14.3 Å². The lowest BCUT2D eigenvalue weighted by molar-refractivity contribution is -0.151. The minimum Gasteiger partial charge on any atom is -0.468 e. The van der Waals surface area contributed by atoms with Gasteiger partial charge in [0.05, 0.1) is 13.7 Å². The number of nitrogens with one attached hydrogen (secondary N) is 1. The van der Waals surface area contributed by atoms with E-state index in [2.05, 4.69) is 17.3 Å². The molecule has 5 nitrogen and oxygen atoms in total. The highest BCUT2D eigenvalue weighted by molar-refractivity contribution is 5.81. The zero-order valence-electron chi connectivity index (χ0n) is 13.7. The third kappa shape index (κ3) is 3.96. The molecule has 3 unspecified atom stereocenters. The van der Waals surface area contributed by atoms with Gasteiger partial charge < -0.3 is 19.7 Å². The highest BCUT2D eigenvalue weighted by atomic mass is 16.5. The van der Waals surface area contributed by atoms with Crippen LogP contribution in [0.15, 0.2) is 0 Å². The summed E-state index contributed by atoms with van der Waals surface area (Å²) in [5.41, 5.74) is -0.505. The first-order valence-electron chi connectivity index (χ1n) is 8.16. The molecule has 1 heterocycles. The second-order valence-corrected chi connectivity index (χ2v) is 6.60. The summed E-state index contributed by atoms with van der Waals surface area (Å²) in [5.74, 6) is 0.511. The third-order valence-corrected chi connectivity index (χ3v) is 5.20. The summed E-state index contributed by atoms with van der Waals surface area (Å²) in [6.07, 6.45) is 6.35. The van der Waals surface area contributed by atoms with Gasteiger partial charge in [0, 0.05) is 19.2 Å². The zero-order chi connectivity index (χ0) is 15.3. The van der Waals surface area contributed by atoms with Crippen molar-refractivity contribution < 1.29 is 14.3 Å². The Morgan fingerprint density at radius 3 is 2.86 bits per heavy atom. The first-order chi connectivity index (χ1) is 10.1. The van der Waals surface area contributed by atoms with Crippen molar-refractivity contribution in [3.63, 3.8) is 0 Å². The molecule has 0 radical (unpaired) electrons. The number of rotatable bonds is 5. The van der Waals surface area contributed by atoms with Crippen LogP contribution in [0.1, 0.15) is 38.5 Å². The molecular weight excluding hydrogens is 268 g/mol. The largest absolute Gasteiger partial charge is 0.468 e. The van der Waals surface area contributed by atoms with E-state index in [-0.39, 0.29) is 5.97 Å². The highest BCUT2D eigenvalue weighted by Gasteiger charge is 2.43. The molecule has 2 aliphatic rings. The van der Waals surface area contributed by atoms with Crippen LogP contribution in [0.4, 0.5) is 0 Å². The SMILES string of the molecule is CNC1(C(=O)OC)CCCC(N(C)CC2CCCOC2)C1. The number of hydrogen-bond acceptors (Lipinski definition) is 5. The van der Waals surface area contributed by atoms with Gasteiger partial charge in [-0.15, -0.1) is 0 Å². The minimum atomic E-state index is -0.505. The molecule has 0 aromatic carbocycles. The lowest BCUT2D eigenvalue weighted by Gasteiger charge is -2.42. The molecule has 0 aromatic rings. The maximum atomic E-state index is 12.2.